The Hall–Kier alpha value is -2.71. The van der Waals surface area contributed by atoms with Gasteiger partial charge in [0, 0.05) is 57.6 Å². The van der Waals surface area contributed by atoms with E-state index in [1.54, 1.807) is 13.2 Å². The summed E-state index contributed by atoms with van der Waals surface area (Å²) < 4.78 is 2.50. The topological polar surface area (TPSA) is 88.4 Å². The Bertz CT molecular complexity index is 956. The van der Waals surface area contributed by atoms with E-state index in [4.69, 9.17) is 0 Å². The number of carbonyl (C=O) groups is 1. The molecule has 0 saturated carbocycles. The summed E-state index contributed by atoms with van der Waals surface area (Å²) in [6, 6.07) is 7.43. The van der Waals surface area contributed by atoms with Crippen LogP contribution in [0.25, 0.3) is 0 Å². The lowest BCUT2D eigenvalue weighted by atomic mass is 10.1. The third-order valence-electron chi connectivity index (χ3n) is 5.29. The van der Waals surface area contributed by atoms with E-state index in [9.17, 15) is 14.4 Å². The molecule has 3 rings (SSSR count). The molecule has 2 N–H and O–H groups in total. The molecule has 0 bridgehead atoms. The fourth-order valence-corrected chi connectivity index (χ4v) is 3.56. The molecule has 1 amide bonds. The summed E-state index contributed by atoms with van der Waals surface area (Å²) in [6.07, 6.45) is 4.06. The fraction of sp³-hybridized carbons (Fsp3) is 0.476. The largest absolute Gasteiger partial charge is 0.351 e. The van der Waals surface area contributed by atoms with E-state index in [-0.39, 0.29) is 17.2 Å². The molecule has 1 aliphatic heterocycles. The van der Waals surface area contributed by atoms with Gasteiger partial charge in [0.1, 0.15) is 0 Å². The van der Waals surface area contributed by atoms with Crippen LogP contribution in [0.3, 0.4) is 0 Å². The van der Waals surface area contributed by atoms with E-state index in [0.717, 1.165) is 29.8 Å². The van der Waals surface area contributed by atoms with Gasteiger partial charge in [0.2, 0.25) is 0 Å². The van der Waals surface area contributed by atoms with E-state index >= 15 is 0 Å². The van der Waals surface area contributed by atoms with Crippen LogP contribution in [-0.2, 0) is 27.2 Å². The van der Waals surface area contributed by atoms with Crippen molar-refractivity contribution in [1.82, 2.24) is 24.7 Å². The lowest BCUT2D eigenvalue weighted by Crippen LogP contribution is -2.39. The van der Waals surface area contributed by atoms with Gasteiger partial charge < -0.3 is 20.1 Å². The number of benzene rings is 1. The van der Waals surface area contributed by atoms with Gasteiger partial charge >= 0.3 is 5.69 Å². The van der Waals surface area contributed by atoms with E-state index in [2.05, 4.69) is 15.5 Å². The van der Waals surface area contributed by atoms with Crippen molar-refractivity contribution in [3.63, 3.8) is 0 Å². The first-order chi connectivity index (χ1) is 14.0. The normalized spacial score (nSPS) is 14.3. The van der Waals surface area contributed by atoms with Gasteiger partial charge in [0.15, 0.2) is 0 Å². The average Bonchev–Trinajstić information content (AvgIpc) is 3.24. The highest BCUT2D eigenvalue weighted by Gasteiger charge is 2.12. The predicted octanol–water partition coefficient (Wildman–Crippen LogP) is 0.199. The van der Waals surface area contributed by atoms with Gasteiger partial charge in [0.05, 0.1) is 0 Å². The maximum atomic E-state index is 12.2. The first-order valence-electron chi connectivity index (χ1n) is 10.0. The van der Waals surface area contributed by atoms with Gasteiger partial charge in [-0.15, -0.1) is 0 Å². The van der Waals surface area contributed by atoms with Gasteiger partial charge in [-0.3, -0.25) is 14.2 Å². The molecule has 1 fully saturated rings. The molecule has 0 radical (unpaired) electrons. The van der Waals surface area contributed by atoms with Crippen molar-refractivity contribution in [2.24, 2.45) is 14.1 Å². The number of nitrogens with one attached hydrogen (secondary N) is 2. The maximum Gasteiger partial charge on any atom is 0.330 e. The van der Waals surface area contributed by atoms with Gasteiger partial charge in [0.25, 0.3) is 11.5 Å². The molecule has 0 unspecified atom stereocenters. The van der Waals surface area contributed by atoms with E-state index in [1.807, 2.05) is 24.3 Å². The van der Waals surface area contributed by atoms with Crippen molar-refractivity contribution in [2.75, 3.05) is 26.2 Å². The standard InChI is InChI=1S/C21H29N5O3/c1-24-15-18(20(28)25(2)21(24)29)14-22-13-16-5-7-17(8-6-16)19(27)23-9-12-26-10-3-4-11-26/h5-8,15,22H,3-4,9-14H2,1-2H3,(H,23,27). The highest BCUT2D eigenvalue weighted by molar-refractivity contribution is 5.94. The summed E-state index contributed by atoms with van der Waals surface area (Å²) in [7, 11) is 3.10. The molecule has 0 aliphatic carbocycles. The average molecular weight is 399 g/mol. The molecular formula is C21H29N5O3. The Kier molecular flexibility index (Phi) is 7.00. The van der Waals surface area contributed by atoms with Crippen molar-refractivity contribution >= 4 is 5.91 Å². The first kappa shape index (κ1) is 21.0. The van der Waals surface area contributed by atoms with Crippen LogP contribution in [0.2, 0.25) is 0 Å². The molecule has 1 saturated heterocycles. The number of amides is 1. The van der Waals surface area contributed by atoms with Crippen molar-refractivity contribution in [1.29, 1.82) is 0 Å². The summed E-state index contributed by atoms with van der Waals surface area (Å²) >= 11 is 0. The lowest BCUT2D eigenvalue weighted by molar-refractivity contribution is 0.0949. The summed E-state index contributed by atoms with van der Waals surface area (Å²) in [5.74, 6) is -0.0580. The maximum absolute atomic E-state index is 12.2. The molecule has 156 valence electrons. The molecule has 0 atom stereocenters. The minimum Gasteiger partial charge on any atom is -0.351 e. The zero-order valence-electron chi connectivity index (χ0n) is 17.1. The van der Waals surface area contributed by atoms with Crippen LogP contribution in [0.5, 0.6) is 0 Å². The third kappa shape index (κ3) is 5.42. The molecule has 2 aromatic rings. The van der Waals surface area contributed by atoms with Crippen LogP contribution in [0, 0.1) is 0 Å². The molecule has 0 spiro atoms. The molecule has 29 heavy (non-hydrogen) atoms. The van der Waals surface area contributed by atoms with E-state index in [1.165, 1.54) is 24.5 Å². The van der Waals surface area contributed by atoms with Crippen LogP contribution in [0.1, 0.15) is 34.3 Å². The Morgan fingerprint density at radius 1 is 1.03 bits per heavy atom. The van der Waals surface area contributed by atoms with E-state index < -0.39 is 0 Å². The second kappa shape index (κ2) is 9.67. The Balaban J connectivity index is 1.47. The van der Waals surface area contributed by atoms with Crippen molar-refractivity contribution in [3.05, 3.63) is 68.0 Å². The molecule has 8 heteroatoms. The molecule has 1 aromatic heterocycles. The quantitative estimate of drug-likeness (QED) is 0.662. The predicted molar refractivity (Wildman–Crippen MR) is 112 cm³/mol. The minimum absolute atomic E-state index is 0.0580. The van der Waals surface area contributed by atoms with Gasteiger partial charge in [-0.1, -0.05) is 12.1 Å². The summed E-state index contributed by atoms with van der Waals surface area (Å²) in [5, 5.41) is 6.18. The summed E-state index contributed by atoms with van der Waals surface area (Å²) in [4.78, 5) is 38.5. The summed E-state index contributed by atoms with van der Waals surface area (Å²) in [5.41, 5.74) is 1.56. The van der Waals surface area contributed by atoms with Crippen LogP contribution in [0.15, 0.2) is 40.1 Å². The monoisotopic (exact) mass is 399 g/mol. The molecule has 8 nitrogen and oxygen atoms in total. The van der Waals surface area contributed by atoms with Crippen LogP contribution >= 0.6 is 0 Å². The van der Waals surface area contributed by atoms with Crippen LogP contribution in [0.4, 0.5) is 0 Å². The van der Waals surface area contributed by atoms with Crippen molar-refractivity contribution in [3.8, 4) is 0 Å². The number of aryl methyl sites for hydroxylation is 1. The second-order valence-corrected chi connectivity index (χ2v) is 7.52. The first-order valence-corrected chi connectivity index (χ1v) is 10.0. The molecule has 1 aromatic carbocycles. The molecule has 1 aliphatic rings. The van der Waals surface area contributed by atoms with Crippen LogP contribution in [-0.4, -0.2) is 46.1 Å². The summed E-state index contributed by atoms with van der Waals surface area (Å²) in [6.45, 7) is 4.74. The Morgan fingerprint density at radius 2 is 1.72 bits per heavy atom. The van der Waals surface area contributed by atoms with E-state index in [0.29, 0.717) is 30.8 Å². The molecular weight excluding hydrogens is 370 g/mol. The number of carbonyl (C=O) groups excluding carboxylic acids is 1. The number of aromatic nitrogens is 2. The number of nitrogens with zero attached hydrogens (tertiary/aromatic N) is 3. The molecule has 2 heterocycles. The zero-order chi connectivity index (χ0) is 20.8. The van der Waals surface area contributed by atoms with Gasteiger partial charge in [-0.25, -0.2) is 4.79 Å². The highest BCUT2D eigenvalue weighted by atomic mass is 16.2. The number of rotatable bonds is 8. The number of hydrogen-bond donors (Lipinski definition) is 2. The van der Waals surface area contributed by atoms with Gasteiger partial charge in [-0.05, 0) is 43.6 Å². The number of hydrogen-bond acceptors (Lipinski definition) is 5. The second-order valence-electron chi connectivity index (χ2n) is 7.52. The van der Waals surface area contributed by atoms with Crippen LogP contribution < -0.4 is 21.9 Å². The number of likely N-dealkylation sites (tertiary alicyclic amines) is 1. The Labute approximate surface area is 170 Å². The van der Waals surface area contributed by atoms with Gasteiger partial charge in [-0.2, -0.15) is 0 Å². The lowest BCUT2D eigenvalue weighted by Gasteiger charge is -2.14. The zero-order valence-corrected chi connectivity index (χ0v) is 17.1. The van der Waals surface area contributed by atoms with Crippen molar-refractivity contribution < 1.29 is 4.79 Å². The third-order valence-corrected chi connectivity index (χ3v) is 5.29. The SMILES string of the molecule is Cn1cc(CNCc2ccc(C(=O)NCCN3CCCC3)cc2)c(=O)n(C)c1=O. The fourth-order valence-electron chi connectivity index (χ4n) is 3.56. The Morgan fingerprint density at radius 3 is 2.41 bits per heavy atom. The van der Waals surface area contributed by atoms with Crippen molar-refractivity contribution in [2.45, 2.75) is 25.9 Å². The highest BCUT2D eigenvalue weighted by Crippen LogP contribution is 2.07. The smallest absolute Gasteiger partial charge is 0.330 e. The minimum atomic E-state index is -0.340.